The third-order valence-electron chi connectivity index (χ3n) is 5.42. The number of nitrogens with one attached hydrogen (secondary N) is 2. The number of hydrogen-bond acceptors (Lipinski definition) is 7. The van der Waals surface area contributed by atoms with Gasteiger partial charge in [-0.1, -0.05) is 6.58 Å². The number of aromatic nitrogens is 3. The van der Waals surface area contributed by atoms with Crippen molar-refractivity contribution in [3.05, 3.63) is 52.7 Å². The number of anilines is 1. The van der Waals surface area contributed by atoms with Crippen LogP contribution >= 0.6 is 11.3 Å². The van der Waals surface area contributed by atoms with E-state index in [1.807, 2.05) is 18.2 Å². The van der Waals surface area contributed by atoms with Gasteiger partial charge in [0.15, 0.2) is 5.65 Å². The van der Waals surface area contributed by atoms with E-state index in [2.05, 4.69) is 22.3 Å². The SMILES string of the molecule is C=C1NC(=O)C/C1=C\c1cnn2c(NC3CC3)cc(-c3ccc(C(=O)N(C)OC)s3)nc12. The normalized spacial score (nSPS) is 17.2. The first-order valence-corrected chi connectivity index (χ1v) is 11.0. The van der Waals surface area contributed by atoms with Crippen LogP contribution in [0.5, 0.6) is 0 Å². The van der Waals surface area contributed by atoms with Gasteiger partial charge in [-0.15, -0.1) is 11.3 Å². The monoisotopic (exact) mass is 450 g/mol. The molecule has 10 heteroatoms. The molecule has 0 aromatic carbocycles. The third kappa shape index (κ3) is 3.78. The lowest BCUT2D eigenvalue weighted by atomic mass is 10.1. The number of thiophene rings is 1. The average Bonchev–Trinajstić information content (AvgIpc) is 3.17. The van der Waals surface area contributed by atoms with Gasteiger partial charge >= 0.3 is 0 Å². The number of rotatable bonds is 6. The van der Waals surface area contributed by atoms with Crippen molar-refractivity contribution in [3.63, 3.8) is 0 Å². The first kappa shape index (κ1) is 20.4. The lowest BCUT2D eigenvalue weighted by molar-refractivity contribution is -0.118. The molecule has 0 spiro atoms. The van der Waals surface area contributed by atoms with Crippen LogP contribution in [0.15, 0.2) is 42.2 Å². The van der Waals surface area contributed by atoms with Gasteiger partial charge in [-0.25, -0.2) is 10.0 Å². The summed E-state index contributed by atoms with van der Waals surface area (Å²) < 4.78 is 1.78. The maximum Gasteiger partial charge on any atom is 0.287 e. The molecule has 0 bridgehead atoms. The molecular weight excluding hydrogens is 428 g/mol. The predicted octanol–water partition coefficient (Wildman–Crippen LogP) is 3.08. The van der Waals surface area contributed by atoms with Crippen molar-refractivity contribution in [2.75, 3.05) is 19.5 Å². The van der Waals surface area contributed by atoms with Crippen molar-refractivity contribution in [1.82, 2.24) is 25.0 Å². The highest BCUT2D eigenvalue weighted by Crippen LogP contribution is 2.33. The van der Waals surface area contributed by atoms with E-state index in [0.29, 0.717) is 22.3 Å². The van der Waals surface area contributed by atoms with Gasteiger partial charge in [0.05, 0.1) is 35.2 Å². The summed E-state index contributed by atoms with van der Waals surface area (Å²) in [5, 5.41) is 12.0. The molecule has 2 N–H and O–H groups in total. The van der Waals surface area contributed by atoms with Crippen LogP contribution in [0.1, 0.15) is 34.5 Å². The lowest BCUT2D eigenvalue weighted by Crippen LogP contribution is -2.24. The highest BCUT2D eigenvalue weighted by atomic mass is 32.1. The second-order valence-corrected chi connectivity index (χ2v) is 8.89. The van der Waals surface area contributed by atoms with Crippen LogP contribution in [0, 0.1) is 0 Å². The minimum Gasteiger partial charge on any atom is -0.367 e. The minimum absolute atomic E-state index is 0.0701. The van der Waals surface area contributed by atoms with Gasteiger partial charge in [0, 0.05) is 30.4 Å². The Morgan fingerprint density at radius 1 is 1.44 bits per heavy atom. The standard InChI is InChI=1S/C22H22N6O3S/c1-12-13(9-20(29)24-12)8-14-11-23-28-19(25-15-4-5-15)10-16(26-21(14)28)17-6-7-18(32-17)22(30)27(2)31-3/h6-8,10-11,15,25H,1,4-5,9H2,2-3H3,(H,24,29)/b13-8+. The first-order chi connectivity index (χ1) is 15.4. The molecule has 9 nitrogen and oxygen atoms in total. The predicted molar refractivity (Wildman–Crippen MR) is 122 cm³/mol. The molecule has 1 saturated carbocycles. The summed E-state index contributed by atoms with van der Waals surface area (Å²) >= 11 is 1.36. The minimum atomic E-state index is -0.215. The van der Waals surface area contributed by atoms with E-state index in [9.17, 15) is 9.59 Å². The number of fused-ring (bicyclic) bond motifs is 1. The fourth-order valence-corrected chi connectivity index (χ4v) is 4.41. The van der Waals surface area contributed by atoms with Crippen molar-refractivity contribution in [1.29, 1.82) is 0 Å². The summed E-state index contributed by atoms with van der Waals surface area (Å²) in [5.41, 5.74) is 3.63. The Kier molecular flexibility index (Phi) is 5.03. The summed E-state index contributed by atoms with van der Waals surface area (Å²) in [4.78, 5) is 35.4. The molecule has 1 saturated heterocycles. The molecule has 1 aliphatic carbocycles. The van der Waals surface area contributed by atoms with Crippen molar-refractivity contribution in [3.8, 4) is 10.6 Å². The number of allylic oxidation sites excluding steroid dienone is 1. The third-order valence-corrected chi connectivity index (χ3v) is 6.51. The van der Waals surface area contributed by atoms with Crippen molar-refractivity contribution < 1.29 is 14.4 Å². The maximum atomic E-state index is 12.4. The Labute approximate surface area is 188 Å². The molecule has 1 aliphatic heterocycles. The van der Waals surface area contributed by atoms with Crippen LogP contribution in [-0.4, -0.2) is 51.7 Å². The van der Waals surface area contributed by atoms with Crippen molar-refractivity contribution >= 4 is 40.7 Å². The molecule has 164 valence electrons. The Hall–Kier alpha value is -3.50. The van der Waals surface area contributed by atoms with E-state index in [-0.39, 0.29) is 18.2 Å². The summed E-state index contributed by atoms with van der Waals surface area (Å²) in [6, 6.07) is 6.04. The zero-order valence-corrected chi connectivity index (χ0v) is 18.5. The van der Waals surface area contributed by atoms with E-state index in [1.165, 1.54) is 23.5 Å². The van der Waals surface area contributed by atoms with Gasteiger partial charge < -0.3 is 10.6 Å². The number of nitrogens with zero attached hydrogens (tertiary/aromatic N) is 4. The maximum absolute atomic E-state index is 12.4. The van der Waals surface area contributed by atoms with Gasteiger partial charge in [-0.3, -0.25) is 14.4 Å². The second kappa shape index (κ2) is 7.88. The van der Waals surface area contributed by atoms with Gasteiger partial charge in [0.25, 0.3) is 5.91 Å². The number of carbonyl (C=O) groups is 2. The highest BCUT2D eigenvalue weighted by molar-refractivity contribution is 7.17. The first-order valence-electron chi connectivity index (χ1n) is 10.2. The lowest BCUT2D eigenvalue weighted by Gasteiger charge is -2.11. The summed E-state index contributed by atoms with van der Waals surface area (Å²) in [6.07, 6.45) is 6.16. The molecule has 2 fully saturated rings. The zero-order chi connectivity index (χ0) is 22.4. The Morgan fingerprint density at radius 2 is 2.25 bits per heavy atom. The second-order valence-electron chi connectivity index (χ2n) is 7.80. The van der Waals surface area contributed by atoms with Gasteiger partial charge in [-0.05, 0) is 36.6 Å². The summed E-state index contributed by atoms with van der Waals surface area (Å²) in [6.45, 7) is 3.91. The van der Waals surface area contributed by atoms with Crippen LogP contribution in [-0.2, 0) is 9.63 Å². The molecule has 3 aromatic heterocycles. The van der Waals surface area contributed by atoms with Gasteiger partial charge in [-0.2, -0.15) is 9.61 Å². The Morgan fingerprint density at radius 3 is 2.94 bits per heavy atom. The van der Waals surface area contributed by atoms with Crippen LogP contribution in [0.25, 0.3) is 22.3 Å². The number of hydrogen-bond donors (Lipinski definition) is 2. The van der Waals surface area contributed by atoms with Crippen LogP contribution < -0.4 is 10.6 Å². The average molecular weight is 451 g/mol. The molecule has 0 radical (unpaired) electrons. The fourth-order valence-electron chi connectivity index (χ4n) is 3.47. The van der Waals surface area contributed by atoms with Crippen LogP contribution in [0.4, 0.5) is 5.82 Å². The molecule has 2 aliphatic rings. The van der Waals surface area contributed by atoms with Crippen molar-refractivity contribution in [2.24, 2.45) is 0 Å². The fraction of sp³-hybridized carbons (Fsp3) is 0.273. The Bertz CT molecular complexity index is 1290. The van der Waals surface area contributed by atoms with E-state index in [1.54, 1.807) is 23.8 Å². The summed E-state index contributed by atoms with van der Waals surface area (Å²) in [7, 11) is 3.03. The Balaban J connectivity index is 1.58. The molecule has 0 unspecified atom stereocenters. The van der Waals surface area contributed by atoms with Gasteiger partial charge in [0.2, 0.25) is 5.91 Å². The molecule has 2 amide bonds. The van der Waals surface area contributed by atoms with Crippen LogP contribution in [0.3, 0.4) is 0 Å². The zero-order valence-electron chi connectivity index (χ0n) is 17.7. The van der Waals surface area contributed by atoms with E-state index >= 15 is 0 Å². The van der Waals surface area contributed by atoms with Crippen molar-refractivity contribution in [2.45, 2.75) is 25.3 Å². The van der Waals surface area contributed by atoms with Gasteiger partial charge in [0.1, 0.15) is 5.82 Å². The number of carbonyl (C=O) groups excluding carboxylic acids is 2. The molecule has 4 heterocycles. The largest absolute Gasteiger partial charge is 0.367 e. The topological polar surface area (TPSA) is 101 Å². The van der Waals surface area contributed by atoms with E-state index < -0.39 is 0 Å². The highest BCUT2D eigenvalue weighted by Gasteiger charge is 2.24. The number of hydroxylamine groups is 2. The quantitative estimate of drug-likeness (QED) is 0.560. The van der Waals surface area contributed by atoms with Crippen LogP contribution in [0.2, 0.25) is 0 Å². The summed E-state index contributed by atoms with van der Waals surface area (Å²) in [5.74, 6) is 0.555. The molecule has 3 aromatic rings. The van der Waals surface area contributed by atoms with E-state index in [0.717, 1.165) is 40.4 Å². The molecular formula is C22H22N6O3S. The molecule has 5 rings (SSSR count). The van der Waals surface area contributed by atoms with E-state index in [4.69, 9.17) is 9.82 Å². The molecule has 32 heavy (non-hydrogen) atoms. The smallest absolute Gasteiger partial charge is 0.287 e. The molecule has 0 atom stereocenters. The number of amides is 2.